The molecule has 7 nitrogen and oxygen atoms in total. The molecule has 0 aromatic heterocycles. The second-order valence-electron chi connectivity index (χ2n) is 7.72. The van der Waals surface area contributed by atoms with E-state index in [4.69, 9.17) is 5.11 Å². The molecule has 1 rings (SSSR count). The van der Waals surface area contributed by atoms with Crippen molar-refractivity contribution in [2.45, 2.75) is 95.4 Å². The van der Waals surface area contributed by atoms with E-state index in [9.17, 15) is 23.4 Å². The Morgan fingerprint density at radius 2 is 1.38 bits per heavy atom. The van der Waals surface area contributed by atoms with E-state index in [0.717, 1.165) is 25.0 Å². The summed E-state index contributed by atoms with van der Waals surface area (Å²) in [6.45, 7) is 4.14. The van der Waals surface area contributed by atoms with Crippen LogP contribution in [0.5, 0.6) is 5.75 Å². The number of phenols is 1. The Bertz CT molecular complexity index is 643. The van der Waals surface area contributed by atoms with Gasteiger partial charge in [-0.25, -0.2) is 8.42 Å². The maximum absolute atomic E-state index is 10.3. The molecule has 0 amide bonds. The smallest absolute Gasteiger partial charge is 0.149 e. The minimum Gasteiger partial charge on any atom is -0.744 e. The van der Waals surface area contributed by atoms with Crippen LogP contribution in [0, 0.1) is 0 Å². The molecule has 0 saturated heterocycles. The molecule has 0 aliphatic heterocycles. The highest BCUT2D eigenvalue weighted by atomic mass is 32.2. The molecule has 0 fully saturated rings. The van der Waals surface area contributed by atoms with Gasteiger partial charge in [0.1, 0.15) is 29.0 Å². The van der Waals surface area contributed by atoms with Crippen molar-refractivity contribution >= 4 is 10.1 Å². The first-order valence-corrected chi connectivity index (χ1v) is 12.0. The van der Waals surface area contributed by atoms with Crippen LogP contribution in [0.1, 0.15) is 84.5 Å². The zero-order valence-electron chi connectivity index (χ0n) is 18.1. The molecule has 8 heteroatoms. The van der Waals surface area contributed by atoms with Gasteiger partial charge in [-0.05, 0) is 30.3 Å². The van der Waals surface area contributed by atoms with Gasteiger partial charge in [0, 0.05) is 6.42 Å². The van der Waals surface area contributed by atoms with Crippen LogP contribution in [0.2, 0.25) is 0 Å². The van der Waals surface area contributed by atoms with Gasteiger partial charge >= 0.3 is 0 Å². The quantitative estimate of drug-likeness (QED) is 0.170. The maximum atomic E-state index is 10.3. The Morgan fingerprint density at radius 3 is 1.76 bits per heavy atom. The van der Waals surface area contributed by atoms with Crippen LogP contribution in [-0.4, -0.2) is 46.4 Å². The van der Waals surface area contributed by atoms with Gasteiger partial charge < -0.3 is 9.66 Å². The predicted molar refractivity (Wildman–Crippen MR) is 112 cm³/mol. The minimum atomic E-state index is -4.53. The number of quaternary nitrogens is 1. The zero-order valence-corrected chi connectivity index (χ0v) is 18.9. The van der Waals surface area contributed by atoms with Crippen molar-refractivity contribution in [2.24, 2.45) is 0 Å². The zero-order chi connectivity index (χ0) is 22.3. The molecular weight excluding hydrogens is 394 g/mol. The van der Waals surface area contributed by atoms with E-state index >= 15 is 0 Å². The fraction of sp³-hybridized carbons (Fsp3) is 0.714. The largest absolute Gasteiger partial charge is 0.744 e. The van der Waals surface area contributed by atoms with Crippen LogP contribution in [0.25, 0.3) is 0 Å². The van der Waals surface area contributed by atoms with Gasteiger partial charge in [0.2, 0.25) is 0 Å². The standard InChI is InChI=1S/C15H34NO2.C6H6O4S/c1-4-5-6-7-8-9-10-11-12-13-14-15(2)16(3,17)18;7-5-3-1-2-4-6(5)11(8,9)10/h15,17-18H,4-14H2,1-3H3;1-4,7H,(H,8,9,10)/q+1;/p-1. The van der Waals surface area contributed by atoms with E-state index in [1.54, 1.807) is 0 Å². The Kier molecular flexibility index (Phi) is 14.1. The number of rotatable bonds is 13. The van der Waals surface area contributed by atoms with E-state index in [2.05, 4.69) is 6.92 Å². The Labute approximate surface area is 176 Å². The van der Waals surface area contributed by atoms with Crippen molar-refractivity contribution in [3.05, 3.63) is 24.3 Å². The van der Waals surface area contributed by atoms with Crippen LogP contribution in [0.15, 0.2) is 29.2 Å². The van der Waals surface area contributed by atoms with Gasteiger partial charge in [0.25, 0.3) is 0 Å². The molecule has 3 N–H and O–H groups in total. The molecule has 0 bridgehead atoms. The molecule has 0 radical (unpaired) electrons. The van der Waals surface area contributed by atoms with Crippen LogP contribution < -0.4 is 0 Å². The van der Waals surface area contributed by atoms with Gasteiger partial charge in [-0.2, -0.15) is 10.4 Å². The highest BCUT2D eigenvalue weighted by Gasteiger charge is 2.24. The lowest BCUT2D eigenvalue weighted by atomic mass is 10.0. The Morgan fingerprint density at radius 1 is 0.931 bits per heavy atom. The number of hydrogen-bond acceptors (Lipinski definition) is 6. The molecule has 29 heavy (non-hydrogen) atoms. The minimum absolute atomic E-state index is 0.0842. The lowest BCUT2D eigenvalue weighted by molar-refractivity contribution is -1.25. The summed E-state index contributed by atoms with van der Waals surface area (Å²) < 4.78 is 31.0. The molecular formula is C21H39NO6S. The number of benzene rings is 1. The first-order chi connectivity index (χ1) is 13.5. The topological polar surface area (TPSA) is 118 Å². The average molecular weight is 434 g/mol. The molecule has 170 valence electrons. The number of unbranched alkanes of at least 4 members (excludes halogenated alkanes) is 9. The SMILES string of the molecule is CCCCCCCCCCCCC(C)[N+](C)(O)O.O=S(=O)([O-])c1ccccc1O. The highest BCUT2D eigenvalue weighted by Crippen LogP contribution is 2.20. The summed E-state index contributed by atoms with van der Waals surface area (Å²) in [5.41, 5.74) is 0. The summed E-state index contributed by atoms with van der Waals surface area (Å²) >= 11 is 0. The molecule has 0 saturated carbocycles. The second kappa shape index (κ2) is 14.7. The van der Waals surface area contributed by atoms with Crippen LogP contribution in [0.3, 0.4) is 0 Å². The van der Waals surface area contributed by atoms with Crippen molar-refractivity contribution in [1.29, 1.82) is 0 Å². The van der Waals surface area contributed by atoms with Crippen LogP contribution in [-0.2, 0) is 10.1 Å². The summed E-state index contributed by atoms with van der Waals surface area (Å²) in [6.07, 6.45) is 14.1. The summed E-state index contributed by atoms with van der Waals surface area (Å²) in [6, 6.07) is 4.91. The number of hydroxylamine groups is 4. The molecule has 1 atom stereocenters. The van der Waals surface area contributed by atoms with Crippen LogP contribution in [0.4, 0.5) is 0 Å². The van der Waals surface area contributed by atoms with Gasteiger partial charge in [0.05, 0.1) is 4.90 Å². The molecule has 1 aromatic carbocycles. The number of aromatic hydroxyl groups is 1. The number of para-hydroxylation sites is 1. The summed E-state index contributed by atoms with van der Waals surface area (Å²) in [4.78, 5) is -1.47. The van der Waals surface area contributed by atoms with Crippen molar-refractivity contribution < 1.29 is 33.3 Å². The normalized spacial score (nSPS) is 12.9. The summed E-state index contributed by atoms with van der Waals surface area (Å²) in [5, 5.41) is 27.5. The molecule has 0 aliphatic carbocycles. The van der Waals surface area contributed by atoms with Gasteiger partial charge in [0.15, 0.2) is 0 Å². The van der Waals surface area contributed by atoms with Gasteiger partial charge in [-0.15, -0.1) is 0 Å². The van der Waals surface area contributed by atoms with Gasteiger partial charge in [-0.1, -0.05) is 76.8 Å². The highest BCUT2D eigenvalue weighted by molar-refractivity contribution is 7.85. The number of nitrogens with zero attached hydrogens (tertiary/aromatic N) is 1. The number of hydrogen-bond donors (Lipinski definition) is 3. The lowest BCUT2D eigenvalue weighted by Crippen LogP contribution is -2.44. The third-order valence-electron chi connectivity index (χ3n) is 4.95. The summed E-state index contributed by atoms with van der Waals surface area (Å²) in [5.74, 6) is -0.512. The van der Waals surface area contributed by atoms with E-state index in [1.807, 2.05) is 6.92 Å². The van der Waals surface area contributed by atoms with Crippen LogP contribution >= 0.6 is 0 Å². The Hall–Kier alpha value is -1.19. The van der Waals surface area contributed by atoms with Crippen molar-refractivity contribution in [2.75, 3.05) is 7.05 Å². The molecule has 1 aromatic rings. The second-order valence-corrected chi connectivity index (χ2v) is 9.07. The Balaban J connectivity index is 0.000000604. The predicted octanol–water partition coefficient (Wildman–Crippen LogP) is 5.21. The molecule has 0 aliphatic rings. The first-order valence-electron chi connectivity index (χ1n) is 10.6. The van der Waals surface area contributed by atoms with Gasteiger partial charge in [-0.3, -0.25) is 0 Å². The summed E-state index contributed by atoms with van der Waals surface area (Å²) in [7, 11) is -3.12. The maximum Gasteiger partial charge on any atom is 0.149 e. The third-order valence-corrected chi connectivity index (χ3v) is 5.83. The fourth-order valence-electron chi connectivity index (χ4n) is 2.84. The van der Waals surface area contributed by atoms with Crippen molar-refractivity contribution in [1.82, 2.24) is 0 Å². The molecule has 0 heterocycles. The fourth-order valence-corrected chi connectivity index (χ4v) is 3.41. The van der Waals surface area contributed by atoms with Crippen molar-refractivity contribution in [3.8, 4) is 5.75 Å². The van der Waals surface area contributed by atoms with E-state index in [0.29, 0.717) is 0 Å². The lowest BCUT2D eigenvalue weighted by Gasteiger charge is -2.23. The number of phenolic OH excluding ortho intramolecular Hbond substituents is 1. The third kappa shape index (κ3) is 14.4. The van der Waals surface area contributed by atoms with E-state index < -0.39 is 25.6 Å². The molecule has 1 unspecified atom stereocenters. The molecule has 0 spiro atoms. The average Bonchev–Trinajstić information content (AvgIpc) is 2.62. The first kappa shape index (κ1) is 27.8. The van der Waals surface area contributed by atoms with E-state index in [-0.39, 0.29) is 6.04 Å². The monoisotopic (exact) mass is 433 g/mol. The van der Waals surface area contributed by atoms with E-state index in [1.165, 1.54) is 77.0 Å². The van der Waals surface area contributed by atoms with Crippen molar-refractivity contribution in [3.63, 3.8) is 0 Å².